The molecule has 1 saturated heterocycles. The van der Waals surface area contributed by atoms with Crippen LogP contribution in [-0.2, 0) is 6.42 Å². The summed E-state index contributed by atoms with van der Waals surface area (Å²) < 4.78 is 2.34. The number of aryl methyl sites for hydroxylation is 1. The summed E-state index contributed by atoms with van der Waals surface area (Å²) in [7, 11) is 0. The summed E-state index contributed by atoms with van der Waals surface area (Å²) >= 11 is 0. The van der Waals surface area contributed by atoms with Gasteiger partial charge in [-0.3, -0.25) is 0 Å². The van der Waals surface area contributed by atoms with E-state index in [0.717, 1.165) is 25.4 Å². The zero-order chi connectivity index (χ0) is 9.97. The van der Waals surface area contributed by atoms with Crippen molar-refractivity contribution in [3.63, 3.8) is 0 Å². The fraction of sp³-hybridized carbons (Fsp3) is 0.727. The molecule has 0 spiro atoms. The van der Waals surface area contributed by atoms with Crippen LogP contribution in [0, 0.1) is 5.92 Å². The second kappa shape index (κ2) is 4.13. The first kappa shape index (κ1) is 9.71. The van der Waals surface area contributed by atoms with Gasteiger partial charge in [-0.05, 0) is 18.9 Å². The molecule has 3 nitrogen and oxygen atoms in total. The van der Waals surface area contributed by atoms with Crippen LogP contribution < -0.4 is 5.32 Å². The molecule has 14 heavy (non-hydrogen) atoms. The van der Waals surface area contributed by atoms with E-state index in [1.165, 1.54) is 12.2 Å². The Hall–Kier alpha value is -0.830. The molecule has 2 unspecified atom stereocenters. The quantitative estimate of drug-likeness (QED) is 0.773. The van der Waals surface area contributed by atoms with E-state index in [9.17, 15) is 0 Å². The summed E-state index contributed by atoms with van der Waals surface area (Å²) in [6.07, 6.45) is 6.33. The normalized spacial score (nSPS) is 27.9. The third kappa shape index (κ3) is 1.82. The summed E-state index contributed by atoms with van der Waals surface area (Å²) in [5.74, 6) is 1.99. The Bertz CT molecular complexity index is 292. The number of nitrogens with one attached hydrogen (secondary N) is 1. The lowest BCUT2D eigenvalue weighted by molar-refractivity contribution is 0.297. The SMILES string of the molecule is CCc1nccn1C1CNCC(C)C1. The molecule has 1 N–H and O–H groups in total. The topological polar surface area (TPSA) is 29.9 Å². The van der Waals surface area contributed by atoms with Gasteiger partial charge < -0.3 is 9.88 Å². The smallest absolute Gasteiger partial charge is 0.108 e. The molecule has 0 saturated carbocycles. The highest BCUT2D eigenvalue weighted by Crippen LogP contribution is 2.21. The van der Waals surface area contributed by atoms with Crippen molar-refractivity contribution in [1.82, 2.24) is 14.9 Å². The minimum absolute atomic E-state index is 0.608. The molecule has 0 bridgehead atoms. The van der Waals surface area contributed by atoms with Crippen molar-refractivity contribution in [2.75, 3.05) is 13.1 Å². The Labute approximate surface area is 85.5 Å². The van der Waals surface area contributed by atoms with Crippen LogP contribution in [0.3, 0.4) is 0 Å². The lowest BCUT2D eigenvalue weighted by Gasteiger charge is -2.29. The first-order valence-corrected chi connectivity index (χ1v) is 5.53. The van der Waals surface area contributed by atoms with Gasteiger partial charge in [0.2, 0.25) is 0 Å². The van der Waals surface area contributed by atoms with E-state index in [0.29, 0.717) is 6.04 Å². The fourth-order valence-electron chi connectivity index (χ4n) is 2.29. The highest BCUT2D eigenvalue weighted by Gasteiger charge is 2.20. The minimum atomic E-state index is 0.608. The number of imidazole rings is 1. The summed E-state index contributed by atoms with van der Waals surface area (Å²) in [6, 6.07) is 0.608. The van der Waals surface area contributed by atoms with Crippen LogP contribution in [-0.4, -0.2) is 22.6 Å². The molecular formula is C11H19N3. The maximum absolute atomic E-state index is 4.37. The van der Waals surface area contributed by atoms with Gasteiger partial charge in [0.15, 0.2) is 0 Å². The number of hydrogen-bond acceptors (Lipinski definition) is 2. The molecule has 2 heterocycles. The Balaban J connectivity index is 2.13. The van der Waals surface area contributed by atoms with E-state index in [2.05, 4.69) is 34.9 Å². The Morgan fingerprint density at radius 2 is 2.43 bits per heavy atom. The third-order valence-corrected chi connectivity index (χ3v) is 3.01. The van der Waals surface area contributed by atoms with Crippen LogP contribution >= 0.6 is 0 Å². The number of piperidine rings is 1. The molecule has 0 amide bonds. The zero-order valence-electron chi connectivity index (χ0n) is 9.03. The average Bonchev–Trinajstić information content (AvgIpc) is 2.65. The second-order valence-corrected chi connectivity index (χ2v) is 4.26. The third-order valence-electron chi connectivity index (χ3n) is 3.01. The van der Waals surface area contributed by atoms with Crippen molar-refractivity contribution in [2.45, 2.75) is 32.7 Å². The Morgan fingerprint density at radius 1 is 1.57 bits per heavy atom. The first-order chi connectivity index (χ1) is 6.81. The molecule has 78 valence electrons. The summed E-state index contributed by atoms with van der Waals surface area (Å²) in [5, 5.41) is 3.48. The lowest BCUT2D eigenvalue weighted by Crippen LogP contribution is -2.36. The molecule has 0 aliphatic carbocycles. The number of aromatic nitrogens is 2. The summed E-state index contributed by atoms with van der Waals surface area (Å²) in [4.78, 5) is 4.37. The molecule has 2 rings (SSSR count). The average molecular weight is 193 g/mol. The van der Waals surface area contributed by atoms with Gasteiger partial charge in [0, 0.05) is 31.4 Å². The second-order valence-electron chi connectivity index (χ2n) is 4.26. The molecule has 0 radical (unpaired) electrons. The van der Waals surface area contributed by atoms with E-state index in [-0.39, 0.29) is 0 Å². The van der Waals surface area contributed by atoms with Gasteiger partial charge in [-0.15, -0.1) is 0 Å². The predicted molar refractivity (Wildman–Crippen MR) is 57.3 cm³/mol. The zero-order valence-corrected chi connectivity index (χ0v) is 9.03. The van der Waals surface area contributed by atoms with E-state index in [1.807, 2.05) is 6.20 Å². The van der Waals surface area contributed by atoms with Crippen LogP contribution in [0.2, 0.25) is 0 Å². The standard InChI is InChI=1S/C11H19N3/c1-3-11-13-4-5-14(11)10-6-9(2)7-12-8-10/h4-5,9-10,12H,3,6-8H2,1-2H3. The van der Waals surface area contributed by atoms with Crippen LogP contribution in [0.15, 0.2) is 12.4 Å². The number of hydrogen-bond donors (Lipinski definition) is 1. The van der Waals surface area contributed by atoms with E-state index < -0.39 is 0 Å². The Kier molecular flexibility index (Phi) is 2.87. The van der Waals surface area contributed by atoms with Gasteiger partial charge in [-0.25, -0.2) is 4.98 Å². The molecule has 1 aromatic rings. The van der Waals surface area contributed by atoms with Crippen LogP contribution in [0.5, 0.6) is 0 Å². The summed E-state index contributed by atoms with van der Waals surface area (Å²) in [6.45, 7) is 6.72. The first-order valence-electron chi connectivity index (χ1n) is 5.53. The number of rotatable bonds is 2. The van der Waals surface area contributed by atoms with Crippen molar-refractivity contribution in [3.05, 3.63) is 18.2 Å². The molecule has 2 atom stereocenters. The van der Waals surface area contributed by atoms with Crippen LogP contribution in [0.1, 0.15) is 32.1 Å². The van der Waals surface area contributed by atoms with Crippen LogP contribution in [0.25, 0.3) is 0 Å². The van der Waals surface area contributed by atoms with Crippen molar-refractivity contribution in [3.8, 4) is 0 Å². The molecule has 3 heteroatoms. The molecule has 1 fully saturated rings. The van der Waals surface area contributed by atoms with E-state index >= 15 is 0 Å². The highest BCUT2D eigenvalue weighted by molar-refractivity contribution is 4.96. The van der Waals surface area contributed by atoms with Crippen molar-refractivity contribution >= 4 is 0 Å². The highest BCUT2D eigenvalue weighted by atomic mass is 15.1. The molecule has 0 aromatic carbocycles. The maximum atomic E-state index is 4.37. The summed E-state index contributed by atoms with van der Waals surface area (Å²) in [5.41, 5.74) is 0. The van der Waals surface area contributed by atoms with Crippen molar-refractivity contribution in [1.29, 1.82) is 0 Å². The lowest BCUT2D eigenvalue weighted by atomic mass is 9.97. The van der Waals surface area contributed by atoms with Gasteiger partial charge >= 0.3 is 0 Å². The van der Waals surface area contributed by atoms with Gasteiger partial charge in [-0.2, -0.15) is 0 Å². The largest absolute Gasteiger partial charge is 0.331 e. The number of nitrogens with zero attached hydrogens (tertiary/aromatic N) is 2. The minimum Gasteiger partial charge on any atom is -0.331 e. The monoisotopic (exact) mass is 193 g/mol. The molecule has 1 aliphatic rings. The van der Waals surface area contributed by atoms with E-state index in [4.69, 9.17) is 0 Å². The Morgan fingerprint density at radius 3 is 3.14 bits per heavy atom. The predicted octanol–water partition coefficient (Wildman–Crippen LogP) is 1.62. The fourth-order valence-corrected chi connectivity index (χ4v) is 2.29. The molecular weight excluding hydrogens is 174 g/mol. The van der Waals surface area contributed by atoms with Gasteiger partial charge in [0.1, 0.15) is 5.82 Å². The van der Waals surface area contributed by atoms with Gasteiger partial charge in [-0.1, -0.05) is 13.8 Å². The van der Waals surface area contributed by atoms with Crippen molar-refractivity contribution < 1.29 is 0 Å². The molecule has 1 aliphatic heterocycles. The van der Waals surface area contributed by atoms with E-state index in [1.54, 1.807) is 0 Å². The van der Waals surface area contributed by atoms with Crippen molar-refractivity contribution in [2.24, 2.45) is 5.92 Å². The maximum Gasteiger partial charge on any atom is 0.108 e. The molecule has 1 aromatic heterocycles. The van der Waals surface area contributed by atoms with Gasteiger partial charge in [0.25, 0.3) is 0 Å². The van der Waals surface area contributed by atoms with Gasteiger partial charge in [0.05, 0.1) is 0 Å². The van der Waals surface area contributed by atoms with Crippen LogP contribution in [0.4, 0.5) is 0 Å².